The molecule has 37 heavy (non-hydrogen) atoms. The highest BCUT2D eigenvalue weighted by Crippen LogP contribution is 2.09. The maximum Gasteiger partial charge on any atom is 0.308 e. The molecule has 0 spiro atoms. The zero-order chi connectivity index (χ0) is 27.1. The van der Waals surface area contributed by atoms with Gasteiger partial charge < -0.3 is 24.0 Å². The Labute approximate surface area is 220 Å². The van der Waals surface area contributed by atoms with Gasteiger partial charge in [-0.15, -0.1) is 0 Å². The Bertz CT molecular complexity index is 959. The van der Waals surface area contributed by atoms with Gasteiger partial charge in [-0.25, -0.2) is 0 Å². The third kappa shape index (κ3) is 13.0. The summed E-state index contributed by atoms with van der Waals surface area (Å²) in [6, 6.07) is 19.5. The summed E-state index contributed by atoms with van der Waals surface area (Å²) in [5.41, 5.74) is 1.47. The molecule has 0 unspecified atom stereocenters. The van der Waals surface area contributed by atoms with Crippen LogP contribution in [0.15, 0.2) is 60.7 Å². The standard InChI is InChI=1S/C29H40N2O6/c1-24(32)31(18-20-36-23-26-13-9-6-10-14-26)21-27(33)30(16-15-28(34)37-29(2,3)4)17-19-35-22-25-11-7-5-8-12-25/h5-14H,15-23H2,1-4H3. The van der Waals surface area contributed by atoms with Crippen LogP contribution in [-0.4, -0.2) is 72.6 Å². The third-order valence-electron chi connectivity index (χ3n) is 5.36. The first-order chi connectivity index (χ1) is 17.6. The molecule has 8 heteroatoms. The molecule has 2 rings (SSSR count). The van der Waals surface area contributed by atoms with Crippen molar-refractivity contribution in [3.8, 4) is 0 Å². The zero-order valence-electron chi connectivity index (χ0n) is 22.5. The Hall–Kier alpha value is -3.23. The Morgan fingerprint density at radius 1 is 0.730 bits per heavy atom. The minimum atomic E-state index is -0.601. The first kappa shape index (κ1) is 30.0. The molecule has 0 aliphatic heterocycles. The number of carbonyl (C=O) groups excluding carboxylic acids is 3. The third-order valence-corrected chi connectivity index (χ3v) is 5.36. The molecule has 0 heterocycles. The molecule has 202 valence electrons. The molecule has 0 bridgehead atoms. The van der Waals surface area contributed by atoms with E-state index in [0.717, 1.165) is 11.1 Å². The first-order valence-electron chi connectivity index (χ1n) is 12.6. The van der Waals surface area contributed by atoms with Crippen molar-refractivity contribution >= 4 is 17.8 Å². The molecule has 0 radical (unpaired) electrons. The lowest BCUT2D eigenvalue weighted by atomic mass is 10.2. The molecule has 0 N–H and O–H groups in total. The molecule has 0 saturated heterocycles. The van der Waals surface area contributed by atoms with Gasteiger partial charge in [0.05, 0.1) is 39.4 Å². The van der Waals surface area contributed by atoms with Gasteiger partial charge in [0, 0.05) is 26.6 Å². The summed E-state index contributed by atoms with van der Waals surface area (Å²) in [4.78, 5) is 40.6. The van der Waals surface area contributed by atoms with Crippen molar-refractivity contribution in [2.45, 2.75) is 52.9 Å². The van der Waals surface area contributed by atoms with Crippen LogP contribution >= 0.6 is 0 Å². The highest BCUT2D eigenvalue weighted by atomic mass is 16.6. The smallest absolute Gasteiger partial charge is 0.308 e. The molecule has 0 aliphatic carbocycles. The SMILES string of the molecule is CC(=O)N(CCOCc1ccccc1)CC(=O)N(CCOCc1ccccc1)CCC(=O)OC(C)(C)C. The minimum Gasteiger partial charge on any atom is -0.460 e. The summed E-state index contributed by atoms with van der Waals surface area (Å²) >= 11 is 0. The van der Waals surface area contributed by atoms with E-state index >= 15 is 0 Å². The minimum absolute atomic E-state index is 0.0575. The number of hydrogen-bond donors (Lipinski definition) is 0. The molecule has 0 aliphatic rings. The van der Waals surface area contributed by atoms with E-state index in [4.69, 9.17) is 14.2 Å². The predicted octanol–water partition coefficient (Wildman–Crippen LogP) is 3.83. The summed E-state index contributed by atoms with van der Waals surface area (Å²) in [7, 11) is 0. The molecule has 2 amide bonds. The maximum absolute atomic E-state index is 13.2. The lowest BCUT2D eigenvalue weighted by molar-refractivity contribution is -0.155. The van der Waals surface area contributed by atoms with Gasteiger partial charge in [-0.3, -0.25) is 14.4 Å². The van der Waals surface area contributed by atoms with Crippen molar-refractivity contribution in [3.05, 3.63) is 71.8 Å². The van der Waals surface area contributed by atoms with E-state index in [2.05, 4.69) is 0 Å². The van der Waals surface area contributed by atoms with Crippen molar-refractivity contribution in [1.29, 1.82) is 0 Å². The van der Waals surface area contributed by atoms with Gasteiger partial charge >= 0.3 is 5.97 Å². The summed E-state index contributed by atoms with van der Waals surface area (Å²) in [5, 5.41) is 0. The number of nitrogens with zero attached hydrogens (tertiary/aromatic N) is 2. The molecule has 2 aromatic carbocycles. The van der Waals surface area contributed by atoms with E-state index in [1.54, 1.807) is 25.7 Å². The van der Waals surface area contributed by atoms with Crippen LogP contribution in [0.4, 0.5) is 0 Å². The number of benzene rings is 2. The number of esters is 1. The normalized spacial score (nSPS) is 11.1. The lowest BCUT2D eigenvalue weighted by Crippen LogP contribution is -2.45. The Morgan fingerprint density at radius 3 is 1.68 bits per heavy atom. The monoisotopic (exact) mass is 512 g/mol. The van der Waals surface area contributed by atoms with E-state index in [0.29, 0.717) is 33.0 Å². The maximum atomic E-state index is 13.2. The molecular weight excluding hydrogens is 472 g/mol. The number of amides is 2. The Balaban J connectivity index is 1.89. The van der Waals surface area contributed by atoms with E-state index in [1.165, 1.54) is 11.8 Å². The second-order valence-corrected chi connectivity index (χ2v) is 9.73. The van der Waals surface area contributed by atoms with Gasteiger partial charge in [0.25, 0.3) is 0 Å². The van der Waals surface area contributed by atoms with E-state index in [1.807, 2.05) is 60.7 Å². The van der Waals surface area contributed by atoms with Crippen LogP contribution in [0.2, 0.25) is 0 Å². The number of carbonyl (C=O) groups is 3. The summed E-state index contributed by atoms with van der Waals surface area (Å²) in [5.74, 6) is -0.859. The lowest BCUT2D eigenvalue weighted by Gasteiger charge is -2.27. The highest BCUT2D eigenvalue weighted by molar-refractivity contribution is 5.84. The van der Waals surface area contributed by atoms with Crippen LogP contribution in [0.1, 0.15) is 45.2 Å². The quantitative estimate of drug-likeness (QED) is 0.266. The Morgan fingerprint density at radius 2 is 1.22 bits per heavy atom. The highest BCUT2D eigenvalue weighted by Gasteiger charge is 2.22. The van der Waals surface area contributed by atoms with E-state index in [9.17, 15) is 14.4 Å². The molecule has 0 saturated carbocycles. The number of ether oxygens (including phenoxy) is 3. The largest absolute Gasteiger partial charge is 0.460 e. The van der Waals surface area contributed by atoms with Crippen molar-refractivity contribution in [2.75, 3.05) is 39.4 Å². The average Bonchev–Trinajstić information content (AvgIpc) is 2.85. The van der Waals surface area contributed by atoms with Gasteiger partial charge in [-0.05, 0) is 31.9 Å². The van der Waals surface area contributed by atoms with Gasteiger partial charge in [-0.1, -0.05) is 60.7 Å². The fraction of sp³-hybridized carbons (Fsp3) is 0.483. The van der Waals surface area contributed by atoms with Gasteiger partial charge in [0.1, 0.15) is 5.60 Å². The van der Waals surface area contributed by atoms with Gasteiger partial charge in [0.2, 0.25) is 11.8 Å². The average molecular weight is 513 g/mol. The molecular formula is C29H40N2O6. The topological polar surface area (TPSA) is 85.4 Å². The fourth-order valence-electron chi connectivity index (χ4n) is 3.47. The van der Waals surface area contributed by atoms with Gasteiger partial charge in [-0.2, -0.15) is 0 Å². The fourth-order valence-corrected chi connectivity index (χ4v) is 3.47. The Kier molecular flexibility index (Phi) is 12.8. The van der Waals surface area contributed by atoms with Gasteiger partial charge in [0.15, 0.2) is 0 Å². The predicted molar refractivity (Wildman–Crippen MR) is 141 cm³/mol. The second-order valence-electron chi connectivity index (χ2n) is 9.73. The number of rotatable bonds is 15. The van der Waals surface area contributed by atoms with Crippen LogP contribution in [0.25, 0.3) is 0 Å². The van der Waals surface area contributed by atoms with Crippen molar-refractivity contribution in [1.82, 2.24) is 9.80 Å². The summed E-state index contributed by atoms with van der Waals surface area (Å²) in [6.45, 7) is 8.96. The number of hydrogen-bond acceptors (Lipinski definition) is 6. The molecule has 8 nitrogen and oxygen atoms in total. The van der Waals surface area contributed by atoms with Crippen LogP contribution in [0.5, 0.6) is 0 Å². The van der Waals surface area contributed by atoms with Crippen molar-refractivity contribution < 1.29 is 28.6 Å². The second kappa shape index (κ2) is 15.8. The van der Waals surface area contributed by atoms with Crippen LogP contribution < -0.4 is 0 Å². The van der Waals surface area contributed by atoms with Crippen LogP contribution in [0.3, 0.4) is 0 Å². The van der Waals surface area contributed by atoms with Crippen molar-refractivity contribution in [3.63, 3.8) is 0 Å². The molecule has 0 atom stereocenters. The van der Waals surface area contributed by atoms with Crippen LogP contribution in [-0.2, 0) is 41.8 Å². The molecule has 0 fully saturated rings. The summed E-state index contributed by atoms with van der Waals surface area (Å²) < 4.78 is 16.8. The van der Waals surface area contributed by atoms with Crippen LogP contribution in [0, 0.1) is 0 Å². The molecule has 0 aromatic heterocycles. The molecule has 2 aromatic rings. The van der Waals surface area contributed by atoms with E-state index in [-0.39, 0.29) is 43.8 Å². The van der Waals surface area contributed by atoms with Crippen molar-refractivity contribution in [2.24, 2.45) is 0 Å². The summed E-state index contributed by atoms with van der Waals surface area (Å²) in [6.07, 6.45) is 0.0575. The first-order valence-corrected chi connectivity index (χ1v) is 12.6. The zero-order valence-corrected chi connectivity index (χ0v) is 22.5. The van der Waals surface area contributed by atoms with E-state index < -0.39 is 5.60 Å².